The van der Waals surface area contributed by atoms with Gasteiger partial charge in [-0.3, -0.25) is 0 Å². The summed E-state index contributed by atoms with van der Waals surface area (Å²) in [5.74, 6) is 2.00. The van der Waals surface area contributed by atoms with Gasteiger partial charge in [-0.2, -0.15) is 0 Å². The molecule has 0 unspecified atom stereocenters. The first kappa shape index (κ1) is 4.88. The SMILES string of the molecule is C1CO1.[NH3+][O-]. The second-order valence-corrected chi connectivity index (χ2v) is 0.612. The molecule has 0 aromatic rings. The Bertz CT molecular complexity index is 12.4. The molecular formula is C2H7NO2. The van der Waals surface area contributed by atoms with E-state index in [1.54, 1.807) is 0 Å². The standard InChI is InChI=1S/C2H4O.H3NO/c1-2-3-1;1-2/h1-2H2;1H3. The predicted octanol–water partition coefficient (Wildman–Crippen LogP) is -1.26. The third kappa shape index (κ3) is 17.7. The normalized spacial score (nSPS) is 15.6. The molecule has 0 bridgehead atoms. The van der Waals surface area contributed by atoms with E-state index in [1.807, 2.05) is 5.90 Å². The molecule has 32 valence electrons. The predicted molar refractivity (Wildman–Crippen MR) is 17.1 cm³/mol. The number of hydrogen-bond acceptors (Lipinski definition) is 2. The Morgan fingerprint density at radius 3 is 1.60 bits per heavy atom. The van der Waals surface area contributed by atoms with E-state index >= 15 is 0 Å². The number of quaternary nitrogens is 1. The first-order valence-corrected chi connectivity index (χ1v) is 1.37. The van der Waals surface area contributed by atoms with Gasteiger partial charge in [0.25, 0.3) is 0 Å². The van der Waals surface area contributed by atoms with Crippen LogP contribution in [0.25, 0.3) is 0 Å². The maximum absolute atomic E-state index is 8.00. The Morgan fingerprint density at radius 2 is 1.60 bits per heavy atom. The van der Waals surface area contributed by atoms with Gasteiger partial charge in [-0.15, -0.1) is 0 Å². The summed E-state index contributed by atoms with van der Waals surface area (Å²) < 4.78 is 4.50. The molecule has 1 saturated heterocycles. The molecule has 0 saturated carbocycles. The third-order valence-electron chi connectivity index (χ3n) is 0.204. The van der Waals surface area contributed by atoms with Crippen molar-refractivity contribution >= 4 is 0 Å². The number of epoxide rings is 1. The van der Waals surface area contributed by atoms with Crippen molar-refractivity contribution in [3.05, 3.63) is 5.21 Å². The molecule has 1 aliphatic rings. The summed E-state index contributed by atoms with van der Waals surface area (Å²) in [4.78, 5) is 0. The molecule has 0 aliphatic carbocycles. The van der Waals surface area contributed by atoms with E-state index in [9.17, 15) is 0 Å². The maximum atomic E-state index is 8.00. The van der Waals surface area contributed by atoms with Gasteiger partial charge in [0.05, 0.1) is 13.2 Å². The summed E-state index contributed by atoms with van der Waals surface area (Å²) in [6, 6.07) is 0. The van der Waals surface area contributed by atoms with Crippen LogP contribution in [0.4, 0.5) is 0 Å². The molecule has 0 spiro atoms. The van der Waals surface area contributed by atoms with Crippen LogP contribution in [0.2, 0.25) is 0 Å². The summed E-state index contributed by atoms with van der Waals surface area (Å²) in [6.07, 6.45) is 0. The maximum Gasteiger partial charge on any atom is 0.0701 e. The van der Waals surface area contributed by atoms with E-state index in [4.69, 9.17) is 5.21 Å². The highest BCUT2D eigenvalue weighted by Crippen LogP contribution is 1.84. The van der Waals surface area contributed by atoms with Gasteiger partial charge < -0.3 is 15.8 Å². The molecule has 0 radical (unpaired) electrons. The Labute approximate surface area is 30.3 Å². The second-order valence-electron chi connectivity index (χ2n) is 0.612. The molecule has 5 heavy (non-hydrogen) atoms. The Balaban J connectivity index is 0.0000000733. The van der Waals surface area contributed by atoms with Crippen LogP contribution >= 0.6 is 0 Å². The average molecular weight is 77.1 g/mol. The minimum absolute atomic E-state index is 1.00. The molecule has 0 aromatic carbocycles. The zero-order chi connectivity index (χ0) is 4.12. The lowest BCUT2D eigenvalue weighted by atomic mass is 11.0. The van der Waals surface area contributed by atoms with Gasteiger partial charge >= 0.3 is 0 Å². The molecule has 1 fully saturated rings. The lowest BCUT2D eigenvalue weighted by Gasteiger charge is -1.52. The van der Waals surface area contributed by atoms with Crippen LogP contribution in [-0.4, -0.2) is 13.2 Å². The zero-order valence-corrected chi connectivity index (χ0v) is 2.94. The van der Waals surface area contributed by atoms with Crippen LogP contribution < -0.4 is 5.90 Å². The Hall–Kier alpha value is -0.120. The fourth-order valence-corrected chi connectivity index (χ4v) is 0. The monoisotopic (exact) mass is 77.0 g/mol. The highest BCUT2D eigenvalue weighted by Gasteiger charge is 1.94. The van der Waals surface area contributed by atoms with E-state index in [0.717, 1.165) is 13.2 Å². The van der Waals surface area contributed by atoms with Crippen LogP contribution in [0.1, 0.15) is 0 Å². The molecule has 0 aromatic heterocycles. The summed E-state index contributed by atoms with van der Waals surface area (Å²) in [7, 11) is 0. The molecule has 3 nitrogen and oxygen atoms in total. The smallest absolute Gasteiger partial charge is 0.0701 e. The summed E-state index contributed by atoms with van der Waals surface area (Å²) in [5, 5.41) is 8.00. The van der Waals surface area contributed by atoms with Crippen molar-refractivity contribution in [2.45, 2.75) is 0 Å². The summed E-state index contributed by atoms with van der Waals surface area (Å²) >= 11 is 0. The van der Waals surface area contributed by atoms with Crippen LogP contribution in [0.15, 0.2) is 0 Å². The molecule has 3 N–H and O–H groups in total. The molecule has 1 heterocycles. The molecule has 0 amide bonds. The van der Waals surface area contributed by atoms with Gasteiger partial charge in [0.15, 0.2) is 0 Å². The quantitative estimate of drug-likeness (QED) is 0.290. The van der Waals surface area contributed by atoms with Gasteiger partial charge in [0.2, 0.25) is 0 Å². The molecule has 1 aliphatic heterocycles. The zero-order valence-electron chi connectivity index (χ0n) is 2.94. The van der Waals surface area contributed by atoms with Crippen LogP contribution in [0.3, 0.4) is 0 Å². The fraction of sp³-hybridized carbons (Fsp3) is 1.00. The van der Waals surface area contributed by atoms with Crippen LogP contribution in [-0.2, 0) is 4.74 Å². The lowest BCUT2D eigenvalue weighted by molar-refractivity contribution is -0.275. The molecule has 3 heteroatoms. The van der Waals surface area contributed by atoms with Gasteiger partial charge in [-0.25, -0.2) is 0 Å². The largest absolute Gasteiger partial charge is 0.637 e. The summed E-state index contributed by atoms with van der Waals surface area (Å²) in [5.41, 5.74) is 0. The topological polar surface area (TPSA) is 63.2 Å². The van der Waals surface area contributed by atoms with Crippen molar-refractivity contribution in [1.29, 1.82) is 0 Å². The van der Waals surface area contributed by atoms with Crippen molar-refractivity contribution in [2.24, 2.45) is 0 Å². The van der Waals surface area contributed by atoms with Crippen molar-refractivity contribution in [2.75, 3.05) is 13.2 Å². The van der Waals surface area contributed by atoms with Gasteiger partial charge in [-0.1, -0.05) is 0 Å². The Kier molecular flexibility index (Phi) is 3.79. The highest BCUT2D eigenvalue weighted by atomic mass is 16.6. The van der Waals surface area contributed by atoms with E-state index in [1.165, 1.54) is 0 Å². The Morgan fingerprint density at radius 1 is 1.40 bits per heavy atom. The minimum atomic E-state index is 1.00. The fourth-order valence-electron chi connectivity index (χ4n) is 0. The number of rotatable bonds is 0. The van der Waals surface area contributed by atoms with Crippen LogP contribution in [0, 0.1) is 5.21 Å². The van der Waals surface area contributed by atoms with Gasteiger partial charge in [0.1, 0.15) is 0 Å². The summed E-state index contributed by atoms with van der Waals surface area (Å²) in [6.45, 7) is 2.00. The lowest BCUT2D eigenvalue weighted by Crippen LogP contribution is -2.37. The molecular weight excluding hydrogens is 70.0 g/mol. The first-order chi connectivity index (χ1) is 2.50. The van der Waals surface area contributed by atoms with Crippen molar-refractivity contribution in [3.8, 4) is 0 Å². The van der Waals surface area contributed by atoms with E-state index in [2.05, 4.69) is 4.74 Å². The van der Waals surface area contributed by atoms with Crippen molar-refractivity contribution in [3.63, 3.8) is 0 Å². The molecule has 1 rings (SSSR count). The highest BCUT2D eigenvalue weighted by molar-refractivity contribution is 4.36. The van der Waals surface area contributed by atoms with Crippen molar-refractivity contribution < 1.29 is 10.6 Å². The van der Waals surface area contributed by atoms with Crippen LogP contribution in [0.5, 0.6) is 0 Å². The second kappa shape index (κ2) is 3.88. The van der Waals surface area contributed by atoms with Gasteiger partial charge in [0, 0.05) is 0 Å². The first-order valence-electron chi connectivity index (χ1n) is 1.37. The molecule has 0 atom stereocenters. The number of hydrogen-bond donors (Lipinski definition) is 1. The van der Waals surface area contributed by atoms with E-state index < -0.39 is 0 Å². The third-order valence-corrected chi connectivity index (χ3v) is 0.204. The average Bonchev–Trinajstić information content (AvgIpc) is 2.19. The van der Waals surface area contributed by atoms with Crippen molar-refractivity contribution in [1.82, 2.24) is 0 Å². The van der Waals surface area contributed by atoms with E-state index in [0.29, 0.717) is 0 Å². The minimum Gasteiger partial charge on any atom is -0.637 e. The number of ether oxygens (including phenoxy) is 1. The van der Waals surface area contributed by atoms with Gasteiger partial charge in [-0.05, 0) is 0 Å². The van der Waals surface area contributed by atoms with E-state index in [-0.39, 0.29) is 0 Å².